The number of rotatable bonds is 1. The van der Waals surface area contributed by atoms with Gasteiger partial charge in [0.2, 0.25) is 0 Å². The van der Waals surface area contributed by atoms with E-state index in [-0.39, 0.29) is 6.04 Å². The van der Waals surface area contributed by atoms with Crippen LogP contribution >= 0.6 is 0 Å². The molecule has 2 aromatic rings. The number of nitrogens with one attached hydrogen (secondary N) is 2. The summed E-state index contributed by atoms with van der Waals surface area (Å²) in [4.78, 5) is 4.36. The maximum atomic E-state index is 4.36. The Labute approximate surface area is 99.9 Å². The second-order valence-electron chi connectivity index (χ2n) is 4.38. The van der Waals surface area contributed by atoms with Crippen LogP contribution < -0.4 is 10.6 Å². The van der Waals surface area contributed by atoms with E-state index in [0.717, 1.165) is 18.1 Å². The Morgan fingerprint density at radius 2 is 2.35 bits per heavy atom. The van der Waals surface area contributed by atoms with Crippen LogP contribution in [0.25, 0.3) is 0 Å². The summed E-state index contributed by atoms with van der Waals surface area (Å²) in [7, 11) is 1.93. The molecule has 88 valence electrons. The molecule has 0 fully saturated rings. The number of pyridine rings is 1. The fourth-order valence-corrected chi connectivity index (χ4v) is 2.13. The Bertz CT molecular complexity index is 546. The highest BCUT2D eigenvalue weighted by molar-refractivity contribution is 5.70. The number of aryl methyl sites for hydroxylation is 2. The summed E-state index contributed by atoms with van der Waals surface area (Å²) >= 11 is 0. The zero-order chi connectivity index (χ0) is 11.8. The predicted molar refractivity (Wildman–Crippen MR) is 67.0 cm³/mol. The minimum absolute atomic E-state index is 0.227. The van der Waals surface area contributed by atoms with Gasteiger partial charge in [0.05, 0.1) is 17.9 Å². The molecular weight excluding hydrogens is 214 g/mol. The molecule has 3 rings (SSSR count). The van der Waals surface area contributed by atoms with E-state index < -0.39 is 0 Å². The Kier molecular flexibility index (Phi) is 2.24. The number of hydrogen-bond donors (Lipinski definition) is 2. The molecule has 0 amide bonds. The molecule has 0 aliphatic carbocycles. The second-order valence-corrected chi connectivity index (χ2v) is 4.38. The Hall–Kier alpha value is -2.04. The lowest BCUT2D eigenvalue weighted by Crippen LogP contribution is -2.26. The van der Waals surface area contributed by atoms with Gasteiger partial charge in [-0.2, -0.15) is 5.10 Å². The molecule has 0 saturated heterocycles. The minimum Gasteiger partial charge on any atom is -0.379 e. The largest absolute Gasteiger partial charge is 0.379 e. The van der Waals surface area contributed by atoms with Crippen molar-refractivity contribution >= 4 is 11.5 Å². The first-order valence-corrected chi connectivity index (χ1v) is 5.68. The lowest BCUT2D eigenvalue weighted by Gasteiger charge is -2.27. The standard InChI is InChI=1S/C12H15N5/c1-8-3-4-13-12-11(8)14-6-10(16-12)9-5-15-17(2)7-9/h3-5,7,10,14H,6H2,1-2H3,(H,13,16). The average molecular weight is 229 g/mol. The van der Waals surface area contributed by atoms with Crippen molar-refractivity contribution in [3.05, 3.63) is 35.8 Å². The molecule has 5 nitrogen and oxygen atoms in total. The van der Waals surface area contributed by atoms with Gasteiger partial charge in [-0.3, -0.25) is 4.68 Å². The van der Waals surface area contributed by atoms with Gasteiger partial charge in [-0.25, -0.2) is 4.98 Å². The fraction of sp³-hybridized carbons (Fsp3) is 0.333. The van der Waals surface area contributed by atoms with E-state index in [9.17, 15) is 0 Å². The van der Waals surface area contributed by atoms with Crippen molar-refractivity contribution in [3.63, 3.8) is 0 Å². The molecule has 2 N–H and O–H groups in total. The zero-order valence-electron chi connectivity index (χ0n) is 9.94. The van der Waals surface area contributed by atoms with E-state index in [1.807, 2.05) is 36.4 Å². The van der Waals surface area contributed by atoms with Crippen molar-refractivity contribution in [2.45, 2.75) is 13.0 Å². The third-order valence-electron chi connectivity index (χ3n) is 3.08. The van der Waals surface area contributed by atoms with E-state index in [1.54, 1.807) is 0 Å². The molecular formula is C12H15N5. The number of aromatic nitrogens is 3. The third kappa shape index (κ3) is 1.73. The molecule has 0 spiro atoms. The maximum Gasteiger partial charge on any atom is 0.150 e. The van der Waals surface area contributed by atoms with Crippen molar-refractivity contribution in [2.24, 2.45) is 7.05 Å². The average Bonchev–Trinajstić information content (AvgIpc) is 2.76. The highest BCUT2D eigenvalue weighted by Crippen LogP contribution is 2.31. The molecule has 0 saturated carbocycles. The highest BCUT2D eigenvalue weighted by Gasteiger charge is 2.21. The summed E-state index contributed by atoms with van der Waals surface area (Å²) in [6.45, 7) is 2.94. The molecule has 1 aliphatic rings. The molecule has 0 radical (unpaired) electrons. The van der Waals surface area contributed by atoms with E-state index >= 15 is 0 Å². The molecule has 17 heavy (non-hydrogen) atoms. The van der Waals surface area contributed by atoms with Gasteiger partial charge in [-0.05, 0) is 18.6 Å². The monoisotopic (exact) mass is 229 g/mol. The third-order valence-corrected chi connectivity index (χ3v) is 3.08. The van der Waals surface area contributed by atoms with Crippen molar-refractivity contribution < 1.29 is 0 Å². The molecule has 1 aliphatic heterocycles. The van der Waals surface area contributed by atoms with Crippen LogP contribution in [0, 0.1) is 6.92 Å². The highest BCUT2D eigenvalue weighted by atomic mass is 15.2. The van der Waals surface area contributed by atoms with Crippen LogP contribution in [0.3, 0.4) is 0 Å². The fourth-order valence-electron chi connectivity index (χ4n) is 2.13. The van der Waals surface area contributed by atoms with Crippen LogP contribution in [0.15, 0.2) is 24.7 Å². The Morgan fingerprint density at radius 3 is 3.12 bits per heavy atom. The van der Waals surface area contributed by atoms with Crippen molar-refractivity contribution in [3.8, 4) is 0 Å². The van der Waals surface area contributed by atoms with Gasteiger partial charge < -0.3 is 10.6 Å². The van der Waals surface area contributed by atoms with Crippen molar-refractivity contribution in [1.82, 2.24) is 14.8 Å². The Balaban J connectivity index is 1.90. The Morgan fingerprint density at radius 1 is 1.47 bits per heavy atom. The molecule has 3 heterocycles. The molecule has 0 bridgehead atoms. The van der Waals surface area contributed by atoms with Gasteiger partial charge in [0.1, 0.15) is 5.82 Å². The topological polar surface area (TPSA) is 54.8 Å². The van der Waals surface area contributed by atoms with Crippen LogP contribution in [0.5, 0.6) is 0 Å². The van der Waals surface area contributed by atoms with Crippen molar-refractivity contribution in [2.75, 3.05) is 17.2 Å². The van der Waals surface area contributed by atoms with Crippen LogP contribution in [-0.4, -0.2) is 21.3 Å². The van der Waals surface area contributed by atoms with Crippen LogP contribution in [-0.2, 0) is 7.05 Å². The first kappa shape index (κ1) is 10.1. The number of fused-ring (bicyclic) bond motifs is 1. The lowest BCUT2D eigenvalue weighted by molar-refractivity contribution is 0.760. The summed E-state index contributed by atoms with van der Waals surface area (Å²) in [5.41, 5.74) is 3.49. The minimum atomic E-state index is 0.227. The second kappa shape index (κ2) is 3.76. The van der Waals surface area contributed by atoms with Gasteiger partial charge in [0.15, 0.2) is 0 Å². The van der Waals surface area contributed by atoms with E-state index in [2.05, 4.69) is 27.6 Å². The summed E-state index contributed by atoms with van der Waals surface area (Å²) in [5.74, 6) is 0.921. The predicted octanol–water partition coefficient (Wildman–Crippen LogP) is 1.70. The van der Waals surface area contributed by atoms with Crippen LogP contribution in [0.2, 0.25) is 0 Å². The van der Waals surface area contributed by atoms with Crippen LogP contribution in [0.4, 0.5) is 11.5 Å². The van der Waals surface area contributed by atoms with E-state index in [0.29, 0.717) is 0 Å². The van der Waals surface area contributed by atoms with E-state index in [1.165, 1.54) is 11.1 Å². The summed E-state index contributed by atoms with van der Waals surface area (Å²) in [6, 6.07) is 2.24. The summed E-state index contributed by atoms with van der Waals surface area (Å²) < 4.78 is 1.82. The van der Waals surface area contributed by atoms with E-state index in [4.69, 9.17) is 0 Å². The smallest absolute Gasteiger partial charge is 0.150 e. The lowest BCUT2D eigenvalue weighted by atomic mass is 10.1. The molecule has 2 aromatic heterocycles. The van der Waals surface area contributed by atoms with Crippen molar-refractivity contribution in [1.29, 1.82) is 0 Å². The number of anilines is 2. The first-order valence-electron chi connectivity index (χ1n) is 5.68. The van der Waals surface area contributed by atoms with Gasteiger partial charge in [-0.15, -0.1) is 0 Å². The van der Waals surface area contributed by atoms with Crippen LogP contribution in [0.1, 0.15) is 17.2 Å². The molecule has 5 heteroatoms. The van der Waals surface area contributed by atoms with Gasteiger partial charge in [0.25, 0.3) is 0 Å². The SMILES string of the molecule is Cc1ccnc2c1NCC(c1cnn(C)c1)N2. The number of nitrogens with zero attached hydrogens (tertiary/aromatic N) is 3. The molecule has 0 aromatic carbocycles. The maximum absolute atomic E-state index is 4.36. The first-order chi connectivity index (χ1) is 8.24. The molecule has 1 atom stereocenters. The summed E-state index contributed by atoms with van der Waals surface area (Å²) in [6.07, 6.45) is 5.74. The molecule has 1 unspecified atom stereocenters. The van der Waals surface area contributed by atoms with Gasteiger partial charge in [-0.1, -0.05) is 0 Å². The normalized spacial score (nSPS) is 18.1. The van der Waals surface area contributed by atoms with Gasteiger partial charge >= 0.3 is 0 Å². The quantitative estimate of drug-likeness (QED) is 0.781. The van der Waals surface area contributed by atoms with Gasteiger partial charge in [0, 0.05) is 31.5 Å². The zero-order valence-corrected chi connectivity index (χ0v) is 9.94. The summed E-state index contributed by atoms with van der Waals surface area (Å²) in [5, 5.41) is 11.1. The number of hydrogen-bond acceptors (Lipinski definition) is 4.